The Hall–Kier alpha value is -1.72. The van der Waals surface area contributed by atoms with E-state index in [9.17, 15) is 4.79 Å². The summed E-state index contributed by atoms with van der Waals surface area (Å²) in [6.45, 7) is 5.95. The minimum Gasteiger partial charge on any atom is -0.399 e. The Kier molecular flexibility index (Phi) is 8.14. The zero-order chi connectivity index (χ0) is 15.6. The molecule has 1 heterocycles. The quantitative estimate of drug-likeness (QED) is 0.823. The maximum atomic E-state index is 12.1. The SMILES string of the molecule is Cc1ccc(N)cc1NC(=O)CCc1c(C)nn(C)c1C.Cl.Cl. The molecule has 23 heavy (non-hydrogen) atoms. The highest BCUT2D eigenvalue weighted by atomic mass is 35.5. The maximum Gasteiger partial charge on any atom is 0.224 e. The molecular weight excluding hydrogens is 335 g/mol. The van der Waals surface area contributed by atoms with Crippen molar-refractivity contribution in [3.05, 3.63) is 40.7 Å². The second-order valence-corrected chi connectivity index (χ2v) is 5.40. The number of benzene rings is 1. The average molecular weight is 359 g/mol. The summed E-state index contributed by atoms with van der Waals surface area (Å²) in [5.74, 6) is -0.00801. The lowest BCUT2D eigenvalue weighted by Crippen LogP contribution is -2.13. The third kappa shape index (κ3) is 5.15. The van der Waals surface area contributed by atoms with E-state index < -0.39 is 0 Å². The van der Waals surface area contributed by atoms with Gasteiger partial charge in [-0.25, -0.2) is 0 Å². The first-order valence-corrected chi connectivity index (χ1v) is 7.03. The first kappa shape index (κ1) is 21.3. The molecule has 0 saturated heterocycles. The number of carbonyl (C=O) groups is 1. The van der Waals surface area contributed by atoms with Crippen LogP contribution < -0.4 is 11.1 Å². The number of aryl methyl sites for hydroxylation is 3. The van der Waals surface area contributed by atoms with Crippen LogP contribution in [0.3, 0.4) is 0 Å². The Morgan fingerprint density at radius 1 is 1.26 bits per heavy atom. The smallest absolute Gasteiger partial charge is 0.224 e. The zero-order valence-electron chi connectivity index (χ0n) is 13.8. The first-order chi connectivity index (χ1) is 9.88. The molecule has 5 nitrogen and oxygen atoms in total. The molecule has 0 aliphatic rings. The van der Waals surface area contributed by atoms with Crippen LogP contribution in [-0.2, 0) is 18.3 Å². The van der Waals surface area contributed by atoms with Crippen LogP contribution in [0.25, 0.3) is 0 Å². The van der Waals surface area contributed by atoms with Gasteiger partial charge in [0.05, 0.1) is 5.69 Å². The van der Waals surface area contributed by atoms with Gasteiger partial charge in [-0.1, -0.05) is 6.07 Å². The van der Waals surface area contributed by atoms with E-state index in [4.69, 9.17) is 5.73 Å². The lowest BCUT2D eigenvalue weighted by atomic mass is 10.1. The minimum absolute atomic E-state index is 0. The molecule has 2 rings (SSSR count). The lowest BCUT2D eigenvalue weighted by Gasteiger charge is -2.09. The van der Waals surface area contributed by atoms with Crippen molar-refractivity contribution in [3.63, 3.8) is 0 Å². The van der Waals surface area contributed by atoms with E-state index in [2.05, 4.69) is 10.4 Å². The fourth-order valence-electron chi connectivity index (χ4n) is 2.40. The molecule has 0 aliphatic heterocycles. The molecule has 3 N–H and O–H groups in total. The van der Waals surface area contributed by atoms with Crippen molar-refractivity contribution >= 4 is 42.1 Å². The van der Waals surface area contributed by atoms with Crippen LogP contribution in [-0.4, -0.2) is 15.7 Å². The number of hydrogen-bond acceptors (Lipinski definition) is 3. The second-order valence-electron chi connectivity index (χ2n) is 5.40. The summed E-state index contributed by atoms with van der Waals surface area (Å²) in [6.07, 6.45) is 1.13. The third-order valence-electron chi connectivity index (χ3n) is 3.80. The molecule has 1 aromatic carbocycles. The minimum atomic E-state index is -0.00801. The molecule has 1 amide bonds. The molecule has 0 bridgehead atoms. The van der Waals surface area contributed by atoms with E-state index in [1.54, 1.807) is 6.07 Å². The van der Waals surface area contributed by atoms with Crippen molar-refractivity contribution in [2.75, 3.05) is 11.1 Å². The van der Waals surface area contributed by atoms with Crippen molar-refractivity contribution < 1.29 is 4.79 Å². The predicted molar refractivity (Wildman–Crippen MR) is 99.7 cm³/mol. The molecule has 0 atom stereocenters. The Bertz CT molecular complexity index is 683. The number of nitrogens with two attached hydrogens (primary N) is 1. The van der Waals surface area contributed by atoms with Crippen LogP contribution >= 0.6 is 24.8 Å². The fraction of sp³-hybridized carbons (Fsp3) is 0.375. The standard InChI is InChI=1S/C16H22N4O.2ClH/c1-10-5-6-13(17)9-15(10)18-16(21)8-7-14-11(2)19-20(4)12(14)3;;/h5-6,9H,7-8,17H2,1-4H3,(H,18,21);2*1H. The predicted octanol–water partition coefficient (Wildman–Crippen LogP) is 3.34. The summed E-state index contributed by atoms with van der Waals surface area (Å²) < 4.78 is 1.85. The largest absolute Gasteiger partial charge is 0.399 e. The van der Waals surface area contributed by atoms with E-state index in [0.717, 1.165) is 28.2 Å². The highest BCUT2D eigenvalue weighted by Gasteiger charge is 2.12. The number of aromatic nitrogens is 2. The highest BCUT2D eigenvalue weighted by molar-refractivity contribution is 5.92. The Morgan fingerprint density at radius 3 is 2.48 bits per heavy atom. The number of hydrogen-bond donors (Lipinski definition) is 2. The van der Waals surface area contributed by atoms with Crippen LogP contribution in [0.2, 0.25) is 0 Å². The van der Waals surface area contributed by atoms with Crippen molar-refractivity contribution in [2.24, 2.45) is 7.05 Å². The zero-order valence-corrected chi connectivity index (χ0v) is 15.5. The van der Waals surface area contributed by atoms with Gasteiger partial charge >= 0.3 is 0 Å². The van der Waals surface area contributed by atoms with Gasteiger partial charge in [0.25, 0.3) is 0 Å². The van der Waals surface area contributed by atoms with Crippen LogP contribution in [0.1, 0.15) is 28.9 Å². The average Bonchev–Trinajstić information content (AvgIpc) is 2.66. The van der Waals surface area contributed by atoms with Crippen LogP contribution in [0.5, 0.6) is 0 Å². The lowest BCUT2D eigenvalue weighted by molar-refractivity contribution is -0.116. The van der Waals surface area contributed by atoms with E-state index in [1.807, 2.05) is 44.6 Å². The summed E-state index contributed by atoms with van der Waals surface area (Å²) in [6, 6.07) is 5.52. The number of nitrogens with zero attached hydrogens (tertiary/aromatic N) is 2. The van der Waals surface area contributed by atoms with Gasteiger partial charge in [-0.2, -0.15) is 5.10 Å². The number of carbonyl (C=O) groups excluding carboxylic acids is 1. The highest BCUT2D eigenvalue weighted by Crippen LogP contribution is 2.19. The summed E-state index contributed by atoms with van der Waals surface area (Å²) in [5.41, 5.74) is 11.4. The molecular formula is C16H24Cl2N4O. The van der Waals surface area contributed by atoms with Gasteiger partial charge in [-0.3, -0.25) is 9.48 Å². The van der Waals surface area contributed by atoms with Crippen molar-refractivity contribution in [2.45, 2.75) is 33.6 Å². The second kappa shape index (κ2) is 8.79. The maximum absolute atomic E-state index is 12.1. The van der Waals surface area contributed by atoms with Gasteiger partial charge in [0.15, 0.2) is 0 Å². The molecule has 0 fully saturated rings. The molecule has 7 heteroatoms. The summed E-state index contributed by atoms with van der Waals surface area (Å²) in [7, 11) is 1.92. The third-order valence-corrected chi connectivity index (χ3v) is 3.80. The van der Waals surface area contributed by atoms with Gasteiger partial charge < -0.3 is 11.1 Å². The topological polar surface area (TPSA) is 72.9 Å². The van der Waals surface area contributed by atoms with Crippen molar-refractivity contribution in [3.8, 4) is 0 Å². The summed E-state index contributed by atoms with van der Waals surface area (Å²) in [5, 5.41) is 7.29. The fourth-order valence-corrected chi connectivity index (χ4v) is 2.40. The molecule has 0 radical (unpaired) electrons. The van der Waals surface area contributed by atoms with Gasteiger partial charge in [-0.15, -0.1) is 24.8 Å². The van der Waals surface area contributed by atoms with Crippen LogP contribution in [0.4, 0.5) is 11.4 Å². The van der Waals surface area contributed by atoms with Gasteiger partial charge in [0.2, 0.25) is 5.91 Å². The number of amides is 1. The normalized spacial score (nSPS) is 9.74. The van der Waals surface area contributed by atoms with E-state index >= 15 is 0 Å². The van der Waals surface area contributed by atoms with Gasteiger partial charge in [0, 0.05) is 30.5 Å². The number of anilines is 2. The number of rotatable bonds is 4. The van der Waals surface area contributed by atoms with Crippen molar-refractivity contribution in [1.29, 1.82) is 0 Å². The Morgan fingerprint density at radius 2 is 1.91 bits per heavy atom. The molecule has 0 aliphatic carbocycles. The van der Waals surface area contributed by atoms with Gasteiger partial charge in [-0.05, 0) is 50.5 Å². The van der Waals surface area contributed by atoms with Crippen molar-refractivity contribution in [1.82, 2.24) is 9.78 Å². The Labute approximate surface area is 149 Å². The Balaban J connectivity index is 0.00000242. The number of halogens is 2. The number of nitrogens with one attached hydrogen (secondary N) is 1. The molecule has 0 unspecified atom stereocenters. The first-order valence-electron chi connectivity index (χ1n) is 7.03. The molecule has 1 aromatic heterocycles. The van der Waals surface area contributed by atoms with Gasteiger partial charge in [0.1, 0.15) is 0 Å². The van der Waals surface area contributed by atoms with E-state index in [-0.39, 0.29) is 30.7 Å². The van der Waals surface area contributed by atoms with E-state index in [0.29, 0.717) is 18.5 Å². The van der Waals surface area contributed by atoms with E-state index in [1.165, 1.54) is 0 Å². The molecule has 2 aromatic rings. The summed E-state index contributed by atoms with van der Waals surface area (Å²) in [4.78, 5) is 12.1. The summed E-state index contributed by atoms with van der Waals surface area (Å²) >= 11 is 0. The van der Waals surface area contributed by atoms with Crippen LogP contribution in [0, 0.1) is 20.8 Å². The van der Waals surface area contributed by atoms with Crippen LogP contribution in [0.15, 0.2) is 18.2 Å². The molecule has 0 saturated carbocycles. The number of nitrogen functional groups attached to an aromatic ring is 1. The molecule has 128 valence electrons. The monoisotopic (exact) mass is 358 g/mol. The molecule has 0 spiro atoms.